The summed E-state index contributed by atoms with van der Waals surface area (Å²) in [5, 5.41) is 2.39. The molecule has 0 aliphatic carbocycles. The first kappa shape index (κ1) is 15.8. The number of piperidine rings is 1. The number of nitrogens with one attached hydrogen (secondary N) is 1. The molecule has 0 aromatic heterocycles. The number of likely N-dealkylation sites (tertiary alicyclic amines) is 1. The molecule has 1 atom stereocenters. The molecular formula is C15H18ClFN2O2. The fourth-order valence-corrected chi connectivity index (χ4v) is 2.50. The van der Waals surface area contributed by atoms with Gasteiger partial charge < -0.3 is 10.2 Å². The van der Waals surface area contributed by atoms with Crippen molar-refractivity contribution < 1.29 is 14.0 Å². The number of carbonyl (C=O) groups is 2. The highest BCUT2D eigenvalue weighted by Gasteiger charge is 2.25. The number of carbonyl (C=O) groups excluding carboxylic acids is 2. The van der Waals surface area contributed by atoms with Crippen LogP contribution < -0.4 is 5.32 Å². The summed E-state index contributed by atoms with van der Waals surface area (Å²) < 4.78 is 12.8. The van der Waals surface area contributed by atoms with Crippen LogP contribution in [0.3, 0.4) is 0 Å². The van der Waals surface area contributed by atoms with Crippen molar-refractivity contribution >= 4 is 23.4 Å². The van der Waals surface area contributed by atoms with E-state index in [1.807, 2.05) is 0 Å². The van der Waals surface area contributed by atoms with Crippen molar-refractivity contribution in [2.45, 2.75) is 31.2 Å². The summed E-state index contributed by atoms with van der Waals surface area (Å²) in [4.78, 5) is 25.5. The van der Waals surface area contributed by atoms with Crippen LogP contribution in [0.4, 0.5) is 4.39 Å². The van der Waals surface area contributed by atoms with Crippen molar-refractivity contribution in [3.8, 4) is 0 Å². The van der Waals surface area contributed by atoms with Crippen LogP contribution in [0.2, 0.25) is 0 Å². The Labute approximate surface area is 128 Å². The largest absolute Gasteiger partial charge is 0.349 e. The van der Waals surface area contributed by atoms with Gasteiger partial charge in [0.15, 0.2) is 0 Å². The standard InChI is InChI=1S/C15H18ClFN2O2/c1-10(16)15(21)19-8-6-13(7-9-19)18-14(20)11-2-4-12(17)5-3-11/h2-5,10,13H,6-9H2,1H3,(H,18,20). The third-order valence-corrected chi connectivity index (χ3v) is 3.78. The first-order valence-electron chi connectivity index (χ1n) is 6.96. The second-order valence-corrected chi connectivity index (χ2v) is 5.85. The second-order valence-electron chi connectivity index (χ2n) is 5.20. The molecule has 4 nitrogen and oxygen atoms in total. The van der Waals surface area contributed by atoms with Crippen LogP contribution in [0.25, 0.3) is 0 Å². The van der Waals surface area contributed by atoms with E-state index in [1.54, 1.807) is 11.8 Å². The summed E-state index contributed by atoms with van der Waals surface area (Å²) in [6.45, 7) is 2.83. The average molecular weight is 313 g/mol. The first-order valence-corrected chi connectivity index (χ1v) is 7.40. The maximum atomic E-state index is 12.8. The number of hydrogen-bond acceptors (Lipinski definition) is 2. The quantitative estimate of drug-likeness (QED) is 0.870. The molecule has 1 unspecified atom stereocenters. The molecule has 2 rings (SSSR count). The Hall–Kier alpha value is -1.62. The van der Waals surface area contributed by atoms with Gasteiger partial charge in [0.2, 0.25) is 5.91 Å². The third-order valence-electron chi connectivity index (χ3n) is 3.59. The molecule has 0 spiro atoms. The van der Waals surface area contributed by atoms with Crippen molar-refractivity contribution in [3.63, 3.8) is 0 Å². The van der Waals surface area contributed by atoms with Crippen molar-refractivity contribution in [3.05, 3.63) is 35.6 Å². The lowest BCUT2D eigenvalue weighted by Crippen LogP contribution is -2.48. The lowest BCUT2D eigenvalue weighted by atomic mass is 10.0. The van der Waals surface area contributed by atoms with Crippen LogP contribution in [-0.2, 0) is 4.79 Å². The predicted molar refractivity (Wildman–Crippen MR) is 78.8 cm³/mol. The van der Waals surface area contributed by atoms with E-state index in [1.165, 1.54) is 24.3 Å². The minimum Gasteiger partial charge on any atom is -0.349 e. The van der Waals surface area contributed by atoms with E-state index in [9.17, 15) is 14.0 Å². The molecule has 1 heterocycles. The summed E-state index contributed by atoms with van der Waals surface area (Å²) in [5.74, 6) is -0.654. The van der Waals surface area contributed by atoms with E-state index in [4.69, 9.17) is 11.6 Å². The number of alkyl halides is 1. The zero-order chi connectivity index (χ0) is 15.4. The lowest BCUT2D eigenvalue weighted by Gasteiger charge is -2.33. The summed E-state index contributed by atoms with van der Waals surface area (Å²) in [6, 6.07) is 5.46. The van der Waals surface area contributed by atoms with Gasteiger partial charge in [0, 0.05) is 24.7 Å². The summed E-state index contributed by atoms with van der Waals surface area (Å²) in [6.07, 6.45) is 1.39. The highest BCUT2D eigenvalue weighted by Crippen LogP contribution is 2.14. The van der Waals surface area contributed by atoms with Crippen LogP contribution in [-0.4, -0.2) is 41.2 Å². The smallest absolute Gasteiger partial charge is 0.251 e. The fourth-order valence-electron chi connectivity index (χ4n) is 2.37. The van der Waals surface area contributed by atoms with Gasteiger partial charge in [0.25, 0.3) is 5.91 Å². The van der Waals surface area contributed by atoms with Gasteiger partial charge in [-0.25, -0.2) is 4.39 Å². The molecule has 1 aromatic rings. The van der Waals surface area contributed by atoms with Gasteiger partial charge in [0.1, 0.15) is 11.2 Å². The Balaban J connectivity index is 1.84. The van der Waals surface area contributed by atoms with Crippen molar-refractivity contribution in [1.82, 2.24) is 10.2 Å². The van der Waals surface area contributed by atoms with Gasteiger partial charge in [-0.1, -0.05) is 0 Å². The zero-order valence-corrected chi connectivity index (χ0v) is 12.6. The molecule has 0 radical (unpaired) electrons. The van der Waals surface area contributed by atoms with Crippen LogP contribution in [0, 0.1) is 5.82 Å². The monoisotopic (exact) mass is 312 g/mol. The van der Waals surface area contributed by atoms with Crippen molar-refractivity contribution in [2.24, 2.45) is 0 Å². The summed E-state index contributed by atoms with van der Waals surface area (Å²) in [5.41, 5.74) is 0.435. The van der Waals surface area contributed by atoms with Crippen molar-refractivity contribution in [1.29, 1.82) is 0 Å². The molecule has 1 aromatic carbocycles. The molecule has 1 fully saturated rings. The van der Waals surface area contributed by atoms with Crippen LogP contribution in [0.15, 0.2) is 24.3 Å². The minimum atomic E-state index is -0.518. The van der Waals surface area contributed by atoms with E-state index in [0.717, 1.165) is 0 Å². The van der Waals surface area contributed by atoms with E-state index >= 15 is 0 Å². The minimum absolute atomic E-state index is 0.0252. The Morgan fingerprint density at radius 2 is 1.86 bits per heavy atom. The molecule has 0 saturated carbocycles. The molecule has 1 N–H and O–H groups in total. The summed E-state index contributed by atoms with van der Waals surface area (Å²) >= 11 is 5.78. The number of amides is 2. The molecule has 1 aliphatic rings. The first-order chi connectivity index (χ1) is 9.97. The van der Waals surface area contributed by atoms with E-state index in [2.05, 4.69) is 5.32 Å². The lowest BCUT2D eigenvalue weighted by molar-refractivity contribution is -0.131. The Bertz CT molecular complexity index is 511. The van der Waals surface area contributed by atoms with Gasteiger partial charge >= 0.3 is 0 Å². The average Bonchev–Trinajstić information content (AvgIpc) is 2.47. The zero-order valence-electron chi connectivity index (χ0n) is 11.8. The van der Waals surface area contributed by atoms with Gasteiger partial charge in [0.05, 0.1) is 0 Å². The maximum absolute atomic E-state index is 12.8. The third kappa shape index (κ3) is 4.17. The highest BCUT2D eigenvalue weighted by atomic mass is 35.5. The Morgan fingerprint density at radius 1 is 1.29 bits per heavy atom. The highest BCUT2D eigenvalue weighted by molar-refractivity contribution is 6.30. The molecule has 21 heavy (non-hydrogen) atoms. The molecule has 1 aliphatic heterocycles. The van der Waals surface area contributed by atoms with Crippen LogP contribution >= 0.6 is 11.6 Å². The van der Waals surface area contributed by atoms with Gasteiger partial charge in [-0.15, -0.1) is 11.6 Å². The van der Waals surface area contributed by atoms with Crippen LogP contribution in [0.5, 0.6) is 0 Å². The topological polar surface area (TPSA) is 49.4 Å². The maximum Gasteiger partial charge on any atom is 0.251 e. The van der Waals surface area contributed by atoms with Crippen molar-refractivity contribution in [2.75, 3.05) is 13.1 Å². The van der Waals surface area contributed by atoms with Crippen LogP contribution in [0.1, 0.15) is 30.1 Å². The number of rotatable bonds is 3. The van der Waals surface area contributed by atoms with E-state index < -0.39 is 5.38 Å². The predicted octanol–water partition coefficient (Wildman–Crippen LogP) is 2.17. The molecular weight excluding hydrogens is 295 g/mol. The SMILES string of the molecule is CC(Cl)C(=O)N1CCC(NC(=O)c2ccc(F)cc2)CC1. The Kier molecular flexibility index (Phi) is 5.17. The molecule has 6 heteroatoms. The second kappa shape index (κ2) is 6.89. The van der Waals surface area contributed by atoms with E-state index in [0.29, 0.717) is 31.5 Å². The van der Waals surface area contributed by atoms with Gasteiger partial charge in [-0.3, -0.25) is 9.59 Å². The van der Waals surface area contributed by atoms with E-state index in [-0.39, 0.29) is 23.7 Å². The molecule has 1 saturated heterocycles. The number of nitrogens with zero attached hydrogens (tertiary/aromatic N) is 1. The van der Waals surface area contributed by atoms with Gasteiger partial charge in [-0.05, 0) is 44.0 Å². The molecule has 2 amide bonds. The van der Waals surface area contributed by atoms with Gasteiger partial charge in [-0.2, -0.15) is 0 Å². The normalized spacial score (nSPS) is 17.4. The number of hydrogen-bond donors (Lipinski definition) is 1. The molecule has 0 bridgehead atoms. The fraction of sp³-hybridized carbons (Fsp3) is 0.467. The Morgan fingerprint density at radius 3 is 2.38 bits per heavy atom. The number of benzene rings is 1. The number of halogens is 2. The molecule has 114 valence electrons. The summed E-state index contributed by atoms with van der Waals surface area (Å²) in [7, 11) is 0.